The van der Waals surface area contributed by atoms with Gasteiger partial charge in [0.05, 0.1) is 11.1 Å². The van der Waals surface area contributed by atoms with Crippen LogP contribution in [0.3, 0.4) is 0 Å². The highest BCUT2D eigenvalue weighted by Gasteiger charge is 2.41. The molecule has 0 amide bonds. The third kappa shape index (κ3) is 3.32. The van der Waals surface area contributed by atoms with Gasteiger partial charge in [-0.05, 0) is 94.2 Å². The van der Waals surface area contributed by atoms with Crippen LogP contribution in [0.2, 0.25) is 0 Å². The third-order valence-electron chi connectivity index (χ3n) is 4.07. The number of hydrogen-bond acceptors (Lipinski definition) is 2. The summed E-state index contributed by atoms with van der Waals surface area (Å²) >= 11 is 2.33. The first kappa shape index (κ1) is 15.7. The largest absolute Gasteiger partial charge is 0.267 e. The predicted molar refractivity (Wildman–Crippen MR) is 92.3 cm³/mol. The summed E-state index contributed by atoms with van der Waals surface area (Å²) in [4.78, 5) is 0. The molecule has 0 unspecified atom stereocenters. The van der Waals surface area contributed by atoms with Gasteiger partial charge >= 0.3 is 0 Å². The Kier molecular flexibility index (Phi) is 4.42. The average molecular weight is 385 g/mol. The van der Waals surface area contributed by atoms with Crippen molar-refractivity contribution in [3.05, 3.63) is 27.3 Å². The van der Waals surface area contributed by atoms with Crippen molar-refractivity contribution in [2.75, 3.05) is 0 Å². The Bertz CT molecular complexity index is 504. The van der Waals surface area contributed by atoms with Gasteiger partial charge in [0.25, 0.3) is 0 Å². The van der Waals surface area contributed by atoms with Gasteiger partial charge in [0.15, 0.2) is 0 Å². The Morgan fingerprint density at radius 1 is 1.10 bits per heavy atom. The number of piperidine rings is 1. The lowest BCUT2D eigenvalue weighted by molar-refractivity contribution is -0.0318. The molecule has 0 saturated carbocycles. The van der Waals surface area contributed by atoms with Gasteiger partial charge in [0, 0.05) is 3.57 Å². The van der Waals surface area contributed by atoms with E-state index in [0.717, 1.165) is 9.26 Å². The van der Waals surface area contributed by atoms with Crippen LogP contribution >= 0.6 is 22.6 Å². The van der Waals surface area contributed by atoms with E-state index in [1.165, 1.54) is 24.8 Å². The Morgan fingerprint density at radius 3 is 2.25 bits per heavy atom. The van der Waals surface area contributed by atoms with Crippen molar-refractivity contribution < 1.29 is 0 Å². The summed E-state index contributed by atoms with van der Waals surface area (Å²) in [6, 6.07) is 6.27. The molecular weight excluding hydrogens is 361 g/mol. The van der Waals surface area contributed by atoms with Crippen LogP contribution in [0.25, 0.3) is 0 Å². The molecule has 0 radical (unpaired) electrons. The second kappa shape index (κ2) is 5.62. The highest BCUT2D eigenvalue weighted by atomic mass is 127. The molecule has 3 nitrogen and oxygen atoms in total. The van der Waals surface area contributed by atoms with Gasteiger partial charge in [-0.3, -0.25) is 5.01 Å². The summed E-state index contributed by atoms with van der Waals surface area (Å²) in [5.74, 6) is 0. The van der Waals surface area contributed by atoms with Crippen molar-refractivity contribution in [1.29, 1.82) is 0 Å². The fourth-order valence-corrected chi connectivity index (χ4v) is 3.79. The van der Waals surface area contributed by atoms with E-state index in [-0.39, 0.29) is 11.1 Å². The van der Waals surface area contributed by atoms with Crippen molar-refractivity contribution in [3.63, 3.8) is 0 Å². The Morgan fingerprint density at radius 2 is 1.70 bits per heavy atom. The van der Waals surface area contributed by atoms with E-state index in [2.05, 4.69) is 84.7 Å². The molecular formula is C16H24IN3. The van der Waals surface area contributed by atoms with E-state index in [1.54, 1.807) is 0 Å². The van der Waals surface area contributed by atoms with E-state index in [9.17, 15) is 0 Å². The fourth-order valence-electron chi connectivity index (χ4n) is 3.01. The van der Waals surface area contributed by atoms with Crippen LogP contribution in [-0.4, -0.2) is 16.1 Å². The summed E-state index contributed by atoms with van der Waals surface area (Å²) in [6.45, 7) is 11.1. The zero-order valence-corrected chi connectivity index (χ0v) is 15.2. The van der Waals surface area contributed by atoms with Crippen molar-refractivity contribution in [2.24, 2.45) is 10.3 Å². The molecule has 110 valence electrons. The second-order valence-electron chi connectivity index (χ2n) is 6.93. The maximum atomic E-state index is 4.60. The van der Waals surface area contributed by atoms with E-state index in [0.29, 0.717) is 0 Å². The molecule has 1 fully saturated rings. The predicted octanol–water partition coefficient (Wildman–Crippen LogP) is 5.64. The Balaban J connectivity index is 2.28. The molecule has 1 aromatic rings. The summed E-state index contributed by atoms with van der Waals surface area (Å²) < 4.78 is 1.15. The van der Waals surface area contributed by atoms with Crippen LogP contribution in [0, 0.1) is 10.5 Å². The quantitative estimate of drug-likeness (QED) is 0.478. The molecule has 1 aliphatic rings. The van der Waals surface area contributed by atoms with Gasteiger partial charge in [-0.25, -0.2) is 0 Å². The lowest BCUT2D eigenvalue weighted by Crippen LogP contribution is -2.55. The highest BCUT2D eigenvalue weighted by Crippen LogP contribution is 2.39. The van der Waals surface area contributed by atoms with Gasteiger partial charge in [0.1, 0.15) is 5.69 Å². The minimum atomic E-state index is 0.0708. The number of hydrogen-bond donors (Lipinski definition) is 0. The summed E-state index contributed by atoms with van der Waals surface area (Å²) in [7, 11) is 0. The molecule has 4 heteroatoms. The van der Waals surface area contributed by atoms with Gasteiger partial charge in [-0.2, -0.15) is 0 Å². The zero-order valence-electron chi connectivity index (χ0n) is 13.1. The lowest BCUT2D eigenvalue weighted by atomic mass is 9.82. The van der Waals surface area contributed by atoms with Crippen LogP contribution in [0.1, 0.15) is 52.5 Å². The van der Waals surface area contributed by atoms with Crippen LogP contribution in [0.4, 0.5) is 5.69 Å². The molecule has 0 aromatic heterocycles. The first-order valence-electron chi connectivity index (χ1n) is 7.20. The molecule has 1 aliphatic heterocycles. The number of aryl methyl sites for hydroxylation is 1. The normalized spacial score (nSPS) is 21.4. The number of benzene rings is 1. The first-order chi connectivity index (χ1) is 9.22. The molecule has 1 aromatic carbocycles. The van der Waals surface area contributed by atoms with E-state index in [4.69, 9.17) is 0 Å². The topological polar surface area (TPSA) is 28.0 Å². The van der Waals surface area contributed by atoms with Crippen molar-refractivity contribution >= 4 is 28.3 Å². The summed E-state index contributed by atoms with van der Waals surface area (Å²) in [6.07, 6.45) is 3.59. The van der Waals surface area contributed by atoms with Crippen molar-refractivity contribution in [3.8, 4) is 0 Å². The van der Waals surface area contributed by atoms with Gasteiger partial charge in [-0.15, -0.1) is 5.11 Å². The summed E-state index contributed by atoms with van der Waals surface area (Å²) in [5, 5.41) is 11.3. The number of rotatable bonds is 2. The molecule has 1 saturated heterocycles. The van der Waals surface area contributed by atoms with Gasteiger partial charge < -0.3 is 0 Å². The van der Waals surface area contributed by atoms with E-state index >= 15 is 0 Å². The Labute approximate surface area is 136 Å². The van der Waals surface area contributed by atoms with Crippen LogP contribution in [0.5, 0.6) is 0 Å². The van der Waals surface area contributed by atoms with Crippen LogP contribution in [0.15, 0.2) is 28.5 Å². The van der Waals surface area contributed by atoms with Crippen molar-refractivity contribution in [1.82, 2.24) is 5.01 Å². The molecule has 0 atom stereocenters. The molecule has 0 N–H and O–H groups in total. The maximum Gasteiger partial charge on any atom is 0.101 e. The molecule has 0 spiro atoms. The molecule has 2 rings (SSSR count). The van der Waals surface area contributed by atoms with Crippen molar-refractivity contribution in [2.45, 2.75) is 65.0 Å². The fraction of sp³-hybridized carbons (Fsp3) is 0.625. The molecule has 1 heterocycles. The highest BCUT2D eigenvalue weighted by molar-refractivity contribution is 14.1. The van der Waals surface area contributed by atoms with Gasteiger partial charge in [-0.1, -0.05) is 11.3 Å². The SMILES string of the molecule is Cc1ccc(N=NN2C(C)(C)CCCC2(C)C)c(I)c1. The summed E-state index contributed by atoms with van der Waals surface area (Å²) in [5.41, 5.74) is 2.35. The molecule has 0 aliphatic carbocycles. The van der Waals surface area contributed by atoms with Crippen LogP contribution in [-0.2, 0) is 0 Å². The standard InChI is InChI=1S/C16H24IN3/c1-12-7-8-14(13(17)11-12)18-19-20-15(2,3)9-6-10-16(20,4)5/h7-8,11H,6,9-10H2,1-5H3. The van der Waals surface area contributed by atoms with Gasteiger partial charge in [0.2, 0.25) is 0 Å². The molecule has 20 heavy (non-hydrogen) atoms. The minimum Gasteiger partial charge on any atom is -0.267 e. The second-order valence-corrected chi connectivity index (χ2v) is 8.10. The third-order valence-corrected chi connectivity index (χ3v) is 4.93. The number of nitrogens with zero attached hydrogens (tertiary/aromatic N) is 3. The van der Waals surface area contributed by atoms with E-state index < -0.39 is 0 Å². The maximum absolute atomic E-state index is 4.60. The monoisotopic (exact) mass is 385 g/mol. The average Bonchev–Trinajstić information content (AvgIpc) is 2.29. The smallest absolute Gasteiger partial charge is 0.101 e. The zero-order chi connectivity index (χ0) is 15.0. The minimum absolute atomic E-state index is 0.0708. The Hall–Kier alpha value is -0.650. The first-order valence-corrected chi connectivity index (χ1v) is 8.28. The van der Waals surface area contributed by atoms with Crippen LogP contribution < -0.4 is 0 Å². The molecule has 0 bridgehead atoms. The van der Waals surface area contributed by atoms with E-state index in [1.807, 2.05) is 6.07 Å². The number of halogens is 1. The lowest BCUT2D eigenvalue weighted by Gasteiger charge is -2.50.